The molecule has 0 aliphatic heterocycles. The fraction of sp³-hybridized carbons (Fsp3) is 1.00. The van der Waals surface area contributed by atoms with Gasteiger partial charge >= 0.3 is 30.6 Å². The lowest BCUT2D eigenvalue weighted by Gasteiger charge is -2.25. The summed E-state index contributed by atoms with van der Waals surface area (Å²) in [4.78, 5) is 0. The van der Waals surface area contributed by atoms with E-state index in [4.69, 9.17) is 40.7 Å². The first-order valence-electron chi connectivity index (χ1n) is 16.2. The van der Waals surface area contributed by atoms with E-state index in [2.05, 4.69) is 0 Å². The van der Waals surface area contributed by atoms with Crippen LogP contribution >= 0.6 is 30.6 Å². The van der Waals surface area contributed by atoms with Crippen LogP contribution in [0.1, 0.15) is 119 Å². The van der Waals surface area contributed by atoms with Gasteiger partial charge in [-0.2, -0.15) is 0 Å². The summed E-state index contributed by atoms with van der Waals surface area (Å²) in [5.41, 5.74) is 0. The molecule has 0 N–H and O–H groups in total. The number of phosphoric ester groups is 1. The average Bonchev–Trinajstić information content (AvgIpc) is 2.99. The van der Waals surface area contributed by atoms with Crippen LogP contribution in [-0.2, 0) is 59.0 Å². The van der Waals surface area contributed by atoms with Crippen LogP contribution in [0.2, 0.25) is 0 Å². The minimum Gasteiger partial charge on any atom is -0.307 e. The van der Waals surface area contributed by atoms with Gasteiger partial charge in [0, 0.05) is 0 Å². The molecule has 0 saturated heterocycles. The summed E-state index contributed by atoms with van der Waals surface area (Å²) >= 11 is 0. The molecule has 0 fully saturated rings. The van der Waals surface area contributed by atoms with E-state index in [1.54, 1.807) is 0 Å². The lowest BCUT2D eigenvalue weighted by atomic mass is 10.4. The van der Waals surface area contributed by atoms with Crippen molar-refractivity contribution in [3.63, 3.8) is 0 Å². The average molecular weight is 717 g/mol. The van der Waals surface area contributed by atoms with Gasteiger partial charge < -0.3 is 27.1 Å². The summed E-state index contributed by atoms with van der Waals surface area (Å²) < 4.78 is 104. The lowest BCUT2D eigenvalue weighted by Crippen LogP contribution is -2.11. The van der Waals surface area contributed by atoms with Crippen molar-refractivity contribution >= 4 is 30.6 Å². The van der Waals surface area contributed by atoms with Gasteiger partial charge in [-0.25, -0.2) is 4.57 Å². The zero-order valence-corrected chi connectivity index (χ0v) is 31.5. The highest BCUT2D eigenvalue weighted by atomic mass is 31.2. The normalized spacial score (nSPS) is 13.1. The topological polar surface area (TPSA) is 151 Å². The number of hydrogen-bond acceptors (Lipinski definition) is 13. The van der Waals surface area contributed by atoms with E-state index in [1.165, 1.54) is 0 Å². The Kier molecular flexibility index (Phi) is 26.8. The fourth-order valence-electron chi connectivity index (χ4n) is 2.96. The van der Waals surface area contributed by atoms with E-state index >= 15 is 0 Å². The molecular formula is C27H60O13P4. The maximum atomic E-state index is 14.0. The fourth-order valence-corrected chi connectivity index (χ4v) is 9.69. The first-order chi connectivity index (χ1) is 21.0. The van der Waals surface area contributed by atoms with E-state index in [0.29, 0.717) is 38.5 Å². The second-order valence-electron chi connectivity index (χ2n) is 10.2. The van der Waals surface area contributed by atoms with Gasteiger partial charge in [0.05, 0.1) is 39.6 Å². The standard InChI is InChI=1S/C27H60O13P4/c1-7-13-19-32-41(28,33-20-14-8-2)25-38-44(31,39-26-42(29,34-21-15-9-3)35-22-16-10-4)40-27-43(30,36-23-17-11-5)37-24-18-12-6/h7-27H2,1-6H3. The number of unbranched alkanes of at least 4 members (excludes halogenated alkanes) is 6. The molecule has 0 atom stereocenters. The Labute approximate surface area is 266 Å². The molecular weight excluding hydrogens is 656 g/mol. The van der Waals surface area contributed by atoms with Crippen LogP contribution < -0.4 is 0 Å². The Morgan fingerprint density at radius 2 is 0.500 bits per heavy atom. The Balaban J connectivity index is 6.06. The third kappa shape index (κ3) is 22.2. The number of rotatable bonds is 33. The minimum atomic E-state index is -4.74. The Morgan fingerprint density at radius 3 is 0.659 bits per heavy atom. The van der Waals surface area contributed by atoms with E-state index in [9.17, 15) is 18.3 Å². The van der Waals surface area contributed by atoms with Gasteiger partial charge in [0.15, 0.2) is 19.0 Å². The zero-order chi connectivity index (χ0) is 33.2. The molecule has 0 aromatic heterocycles. The van der Waals surface area contributed by atoms with Crippen molar-refractivity contribution in [1.29, 1.82) is 0 Å². The van der Waals surface area contributed by atoms with Crippen LogP contribution in [0.3, 0.4) is 0 Å². The molecule has 13 nitrogen and oxygen atoms in total. The Hall–Kier alpha value is 0.560. The van der Waals surface area contributed by atoms with Crippen LogP contribution in [-0.4, -0.2) is 58.7 Å². The second-order valence-corrected chi connectivity index (χ2v) is 17.8. The maximum Gasteiger partial charge on any atom is 0.476 e. The number of hydrogen-bond donors (Lipinski definition) is 0. The predicted octanol–water partition coefficient (Wildman–Crippen LogP) is 10.5. The monoisotopic (exact) mass is 716 g/mol. The van der Waals surface area contributed by atoms with E-state index in [1.807, 2.05) is 41.5 Å². The summed E-state index contributed by atoms with van der Waals surface area (Å²) in [7, 11) is -16.5. The molecule has 0 aromatic carbocycles. The molecule has 0 aliphatic carbocycles. The SMILES string of the molecule is CCCCOP(=O)(COP(=O)(OCP(=O)(OCCCC)OCCCC)OCP(=O)(OCCCC)OCCCC)OCCCC. The van der Waals surface area contributed by atoms with E-state index in [0.717, 1.165) is 38.5 Å². The Bertz CT molecular complexity index is 738. The lowest BCUT2D eigenvalue weighted by molar-refractivity contribution is 0.111. The summed E-state index contributed by atoms with van der Waals surface area (Å²) in [6.07, 6.45) is 6.09. The van der Waals surface area contributed by atoms with Crippen molar-refractivity contribution in [2.75, 3.05) is 58.7 Å². The summed E-state index contributed by atoms with van der Waals surface area (Å²) in [5, 5.41) is 0. The van der Waals surface area contributed by atoms with Crippen molar-refractivity contribution in [2.24, 2.45) is 0 Å². The van der Waals surface area contributed by atoms with Crippen LogP contribution in [0.15, 0.2) is 0 Å². The molecule has 17 heteroatoms. The molecule has 0 unspecified atom stereocenters. The van der Waals surface area contributed by atoms with Gasteiger partial charge in [-0.15, -0.1) is 0 Å². The minimum absolute atomic E-state index is 0.132. The van der Waals surface area contributed by atoms with Crippen molar-refractivity contribution in [3.05, 3.63) is 0 Å². The van der Waals surface area contributed by atoms with Crippen molar-refractivity contribution < 1.29 is 59.0 Å². The Morgan fingerprint density at radius 1 is 0.318 bits per heavy atom. The highest BCUT2D eigenvalue weighted by Gasteiger charge is 2.40. The van der Waals surface area contributed by atoms with E-state index < -0.39 is 49.7 Å². The summed E-state index contributed by atoms with van der Waals surface area (Å²) in [6.45, 7) is 12.5. The molecule has 0 rings (SSSR count). The van der Waals surface area contributed by atoms with Gasteiger partial charge in [-0.05, 0) is 38.5 Å². The maximum absolute atomic E-state index is 14.0. The second kappa shape index (κ2) is 26.5. The third-order valence-electron chi connectivity index (χ3n) is 5.84. The van der Waals surface area contributed by atoms with Crippen LogP contribution in [0.25, 0.3) is 0 Å². The molecule has 0 saturated carbocycles. The third-order valence-corrected chi connectivity index (χ3v) is 12.6. The van der Waals surface area contributed by atoms with Gasteiger partial charge in [0.1, 0.15) is 0 Å². The van der Waals surface area contributed by atoms with Crippen molar-refractivity contribution in [3.8, 4) is 0 Å². The molecule has 0 aromatic rings. The van der Waals surface area contributed by atoms with Gasteiger partial charge in [-0.1, -0.05) is 80.1 Å². The van der Waals surface area contributed by atoms with Gasteiger partial charge in [-0.3, -0.25) is 27.3 Å². The molecule has 0 radical (unpaired) electrons. The highest BCUT2D eigenvalue weighted by molar-refractivity contribution is 7.57. The molecule has 0 aliphatic rings. The largest absolute Gasteiger partial charge is 0.476 e. The van der Waals surface area contributed by atoms with Crippen LogP contribution in [0.5, 0.6) is 0 Å². The zero-order valence-electron chi connectivity index (χ0n) is 27.9. The highest BCUT2D eigenvalue weighted by Crippen LogP contribution is 2.63. The predicted molar refractivity (Wildman–Crippen MR) is 173 cm³/mol. The van der Waals surface area contributed by atoms with Gasteiger partial charge in [0.25, 0.3) is 0 Å². The molecule has 0 amide bonds. The first kappa shape index (κ1) is 44.6. The molecule has 0 heterocycles. The molecule has 44 heavy (non-hydrogen) atoms. The molecule has 0 spiro atoms. The first-order valence-corrected chi connectivity index (χ1v) is 22.8. The smallest absolute Gasteiger partial charge is 0.307 e. The van der Waals surface area contributed by atoms with Crippen molar-refractivity contribution in [1.82, 2.24) is 0 Å². The van der Waals surface area contributed by atoms with E-state index in [-0.39, 0.29) is 39.6 Å². The quantitative estimate of drug-likeness (QED) is 0.0468. The molecule has 266 valence electrons. The summed E-state index contributed by atoms with van der Waals surface area (Å²) in [5.74, 6) is 0. The molecule has 0 bridgehead atoms. The number of phosphoric acid groups is 1. The van der Waals surface area contributed by atoms with Gasteiger partial charge in [0.2, 0.25) is 0 Å². The van der Waals surface area contributed by atoms with Crippen LogP contribution in [0, 0.1) is 0 Å². The summed E-state index contributed by atoms with van der Waals surface area (Å²) in [6, 6.07) is 0. The van der Waals surface area contributed by atoms with Crippen LogP contribution in [0.4, 0.5) is 0 Å². The van der Waals surface area contributed by atoms with Crippen molar-refractivity contribution in [2.45, 2.75) is 119 Å².